The largest absolute Gasteiger partial charge is 0.507 e. The van der Waals surface area contributed by atoms with Gasteiger partial charge in [-0.2, -0.15) is 0 Å². The Hall–Kier alpha value is -3.75. The molecule has 3 aliphatic rings. The molecule has 3 atom stereocenters. The molecule has 35 heavy (non-hydrogen) atoms. The van der Waals surface area contributed by atoms with Crippen LogP contribution in [0.3, 0.4) is 0 Å². The second kappa shape index (κ2) is 9.48. The highest BCUT2D eigenvalue weighted by Gasteiger charge is 2.59. The molecular weight excluding hydrogens is 454 g/mol. The van der Waals surface area contributed by atoms with Gasteiger partial charge in [-0.05, 0) is 36.3 Å². The molecule has 2 aromatic rings. The van der Waals surface area contributed by atoms with Crippen molar-refractivity contribution in [3.8, 4) is 11.5 Å². The summed E-state index contributed by atoms with van der Waals surface area (Å²) in [5.41, 5.74) is 0.648. The van der Waals surface area contributed by atoms with Crippen molar-refractivity contribution in [1.29, 1.82) is 0 Å². The molecule has 0 radical (unpaired) electrons. The Morgan fingerprint density at radius 1 is 1.17 bits per heavy atom. The van der Waals surface area contributed by atoms with Crippen LogP contribution in [0, 0.1) is 27.4 Å². The lowest BCUT2D eigenvalue weighted by Crippen LogP contribution is -2.56. The summed E-state index contributed by atoms with van der Waals surface area (Å²) in [6.45, 7) is 3.80. The maximum atomic E-state index is 13.0. The van der Waals surface area contributed by atoms with Crippen molar-refractivity contribution in [2.75, 3.05) is 6.61 Å². The smallest absolute Gasteiger partial charge is 0.311 e. The standard InChI is InChI=1S/C26H27NO8/c1-26(2)18-14-19(26)20(28)13-17(18)24-21(29)11-16(25(31)15-7-4-3-5-8-15)12-22(24)35-23(30)9-6-10-34-27(32)33/h3-5,7-8,11-12,17-19,29H,6,9-10,13-14H2,1-2H3/t17-,18-,19+/m0/s1. The normalized spacial score (nSPS) is 22.1. The van der Waals surface area contributed by atoms with Gasteiger partial charge in [0.2, 0.25) is 0 Å². The second-order valence-electron chi connectivity index (χ2n) is 9.73. The molecule has 0 unspecified atom stereocenters. The van der Waals surface area contributed by atoms with E-state index in [1.807, 2.05) is 13.8 Å². The van der Waals surface area contributed by atoms with Crippen molar-refractivity contribution < 1.29 is 34.2 Å². The Kier molecular flexibility index (Phi) is 6.60. The summed E-state index contributed by atoms with van der Waals surface area (Å²) in [6.07, 6.45) is 0.820. The first-order valence-corrected chi connectivity index (χ1v) is 11.6. The third-order valence-electron chi connectivity index (χ3n) is 7.37. The fourth-order valence-electron chi connectivity index (χ4n) is 5.48. The molecule has 0 heterocycles. The third-order valence-corrected chi connectivity index (χ3v) is 7.37. The molecule has 184 valence electrons. The molecule has 9 heteroatoms. The predicted octanol–water partition coefficient (Wildman–Crippen LogP) is 4.24. The van der Waals surface area contributed by atoms with Crippen molar-refractivity contribution in [2.24, 2.45) is 17.3 Å². The van der Waals surface area contributed by atoms with E-state index in [9.17, 15) is 29.6 Å². The van der Waals surface area contributed by atoms with Crippen LogP contribution in [0.1, 0.15) is 66.9 Å². The topological polar surface area (TPSA) is 133 Å². The number of Topliss-reactive ketones (excluding diaryl/α,β-unsaturated/α-hetero) is 1. The highest BCUT2D eigenvalue weighted by atomic mass is 16.9. The van der Waals surface area contributed by atoms with Gasteiger partial charge in [0, 0.05) is 41.4 Å². The Labute approximate surface area is 202 Å². The van der Waals surface area contributed by atoms with Gasteiger partial charge in [-0.1, -0.05) is 44.2 Å². The molecule has 0 aromatic heterocycles. The number of ether oxygens (including phenoxy) is 1. The third kappa shape index (κ3) is 4.76. The lowest BCUT2D eigenvalue weighted by molar-refractivity contribution is -0.757. The van der Waals surface area contributed by atoms with Crippen molar-refractivity contribution >= 4 is 17.5 Å². The van der Waals surface area contributed by atoms with Crippen LogP contribution in [-0.4, -0.2) is 34.3 Å². The number of phenols is 1. The molecule has 0 saturated heterocycles. The van der Waals surface area contributed by atoms with Gasteiger partial charge < -0.3 is 14.7 Å². The SMILES string of the molecule is CC1(C)[C@@H]2C[C@H]1[C@@H](c1c(O)cc(C(=O)c3ccccc3)cc1OC(=O)CCCO[N+](=O)[O-])CC2=O. The quantitative estimate of drug-likeness (QED) is 0.140. The molecule has 0 spiro atoms. The number of hydrogen-bond acceptors (Lipinski definition) is 8. The number of phenolic OH excluding ortho intramolecular Hbond substituents is 1. The molecule has 5 rings (SSSR count). The van der Waals surface area contributed by atoms with Crippen molar-refractivity contribution in [2.45, 2.75) is 45.4 Å². The van der Waals surface area contributed by atoms with Gasteiger partial charge in [0.15, 0.2) is 5.78 Å². The first-order valence-electron chi connectivity index (χ1n) is 11.6. The van der Waals surface area contributed by atoms with Crippen LogP contribution in [0.2, 0.25) is 0 Å². The fraction of sp³-hybridized carbons (Fsp3) is 0.423. The average Bonchev–Trinajstić information content (AvgIpc) is 2.80. The van der Waals surface area contributed by atoms with Crippen LogP contribution in [0.15, 0.2) is 42.5 Å². The summed E-state index contributed by atoms with van der Waals surface area (Å²) in [5.74, 6) is -1.36. The number of carbonyl (C=O) groups excluding carboxylic acids is 3. The molecule has 0 amide bonds. The lowest BCUT2D eigenvalue weighted by Gasteiger charge is -2.59. The van der Waals surface area contributed by atoms with Crippen LogP contribution < -0.4 is 4.74 Å². The lowest BCUT2D eigenvalue weighted by atomic mass is 9.44. The number of fused-ring (bicyclic) bond motifs is 2. The number of aromatic hydroxyl groups is 1. The summed E-state index contributed by atoms with van der Waals surface area (Å²) < 4.78 is 5.59. The van der Waals surface area contributed by atoms with E-state index in [1.54, 1.807) is 30.3 Å². The highest BCUT2D eigenvalue weighted by molar-refractivity contribution is 6.09. The molecule has 0 aliphatic heterocycles. The fourth-order valence-corrected chi connectivity index (χ4v) is 5.48. The number of esters is 1. The number of hydrogen-bond donors (Lipinski definition) is 1. The van der Waals surface area contributed by atoms with Crippen molar-refractivity contribution in [1.82, 2.24) is 0 Å². The van der Waals surface area contributed by atoms with Crippen LogP contribution in [0.5, 0.6) is 11.5 Å². The molecule has 2 aromatic carbocycles. The molecule has 9 nitrogen and oxygen atoms in total. The van der Waals surface area contributed by atoms with Gasteiger partial charge in [-0.3, -0.25) is 14.4 Å². The predicted molar refractivity (Wildman–Crippen MR) is 124 cm³/mol. The molecule has 3 saturated carbocycles. The first-order chi connectivity index (χ1) is 16.6. The van der Waals surface area contributed by atoms with Crippen LogP contribution in [0.4, 0.5) is 0 Å². The summed E-state index contributed by atoms with van der Waals surface area (Å²) >= 11 is 0. The van der Waals surface area contributed by atoms with Gasteiger partial charge in [0.05, 0.1) is 6.61 Å². The minimum absolute atomic E-state index is 0.0163. The van der Waals surface area contributed by atoms with E-state index in [0.717, 1.165) is 0 Å². The van der Waals surface area contributed by atoms with Gasteiger partial charge >= 0.3 is 5.97 Å². The number of carbonyl (C=O) groups is 3. The minimum Gasteiger partial charge on any atom is -0.507 e. The number of nitrogens with zero attached hydrogens (tertiary/aromatic N) is 1. The molecule has 3 aliphatic carbocycles. The molecular formula is C26H27NO8. The van der Waals surface area contributed by atoms with E-state index >= 15 is 0 Å². The monoisotopic (exact) mass is 481 g/mol. The molecule has 2 bridgehead atoms. The number of ketones is 2. The van der Waals surface area contributed by atoms with Gasteiger partial charge in [-0.25, -0.2) is 0 Å². The van der Waals surface area contributed by atoms with Crippen molar-refractivity contribution in [3.63, 3.8) is 0 Å². The minimum atomic E-state index is -0.937. The van der Waals surface area contributed by atoms with Gasteiger partial charge in [0.25, 0.3) is 5.09 Å². The van der Waals surface area contributed by atoms with E-state index in [1.165, 1.54) is 12.1 Å². The van der Waals surface area contributed by atoms with E-state index in [-0.39, 0.29) is 77.7 Å². The second-order valence-corrected chi connectivity index (χ2v) is 9.73. The Morgan fingerprint density at radius 3 is 2.51 bits per heavy atom. The molecule has 3 fully saturated rings. The zero-order chi connectivity index (χ0) is 25.3. The van der Waals surface area contributed by atoms with Crippen LogP contribution in [-0.2, 0) is 14.4 Å². The van der Waals surface area contributed by atoms with E-state index in [0.29, 0.717) is 17.5 Å². The maximum absolute atomic E-state index is 13.0. The number of benzene rings is 2. The molecule has 1 N–H and O–H groups in total. The average molecular weight is 482 g/mol. The maximum Gasteiger partial charge on any atom is 0.311 e. The Balaban J connectivity index is 1.67. The zero-order valence-electron chi connectivity index (χ0n) is 19.6. The Morgan fingerprint density at radius 2 is 1.89 bits per heavy atom. The summed E-state index contributed by atoms with van der Waals surface area (Å²) in [7, 11) is 0. The Bertz CT molecular complexity index is 1170. The number of rotatable bonds is 9. The van der Waals surface area contributed by atoms with Gasteiger partial charge in [-0.15, -0.1) is 10.1 Å². The van der Waals surface area contributed by atoms with E-state index in [2.05, 4.69) is 4.84 Å². The zero-order valence-corrected chi connectivity index (χ0v) is 19.6. The first kappa shape index (κ1) is 24.4. The van der Waals surface area contributed by atoms with Crippen LogP contribution in [0.25, 0.3) is 0 Å². The summed E-state index contributed by atoms with van der Waals surface area (Å²) in [6, 6.07) is 11.3. The van der Waals surface area contributed by atoms with Gasteiger partial charge in [0.1, 0.15) is 17.3 Å². The van der Waals surface area contributed by atoms with Crippen LogP contribution >= 0.6 is 0 Å². The van der Waals surface area contributed by atoms with E-state index < -0.39 is 11.1 Å². The highest BCUT2D eigenvalue weighted by Crippen LogP contribution is 2.64. The van der Waals surface area contributed by atoms with Crippen molar-refractivity contribution in [3.05, 3.63) is 69.3 Å². The van der Waals surface area contributed by atoms with E-state index in [4.69, 9.17) is 4.74 Å². The summed E-state index contributed by atoms with van der Waals surface area (Å²) in [4.78, 5) is 52.9. The summed E-state index contributed by atoms with van der Waals surface area (Å²) in [5, 5.41) is 20.4.